The van der Waals surface area contributed by atoms with E-state index in [0.717, 1.165) is 23.8 Å². The molecule has 0 aliphatic carbocycles. The third-order valence-corrected chi connectivity index (χ3v) is 3.80. The number of nitrogens with zero attached hydrogens (tertiary/aromatic N) is 2. The molecule has 1 aromatic rings. The van der Waals surface area contributed by atoms with E-state index in [-0.39, 0.29) is 5.97 Å². The molecule has 1 aliphatic rings. The first-order chi connectivity index (χ1) is 8.72. The van der Waals surface area contributed by atoms with Gasteiger partial charge in [-0.15, -0.1) is 0 Å². The van der Waals surface area contributed by atoms with E-state index < -0.39 is 0 Å². The fourth-order valence-electron chi connectivity index (χ4n) is 2.04. The van der Waals surface area contributed by atoms with Crippen molar-refractivity contribution < 1.29 is 9.53 Å². The number of anilines is 1. The van der Waals surface area contributed by atoms with Crippen LogP contribution in [-0.2, 0) is 4.74 Å². The van der Waals surface area contributed by atoms with Crippen molar-refractivity contribution in [1.82, 2.24) is 9.38 Å². The molecule has 0 bridgehead atoms. The zero-order chi connectivity index (χ0) is 13.0. The number of aromatic nitrogens is 1. The topological polar surface area (TPSA) is 54.5 Å². The van der Waals surface area contributed by atoms with Gasteiger partial charge in [0.2, 0.25) is 0 Å². The van der Waals surface area contributed by atoms with Crippen LogP contribution in [0.15, 0.2) is 0 Å². The van der Waals surface area contributed by atoms with Crippen molar-refractivity contribution in [1.29, 1.82) is 0 Å². The highest BCUT2D eigenvalue weighted by molar-refractivity contribution is 7.10. The van der Waals surface area contributed by atoms with E-state index in [1.807, 2.05) is 13.8 Å². The van der Waals surface area contributed by atoms with E-state index in [2.05, 4.69) is 14.8 Å². The molecule has 0 atom stereocenters. The van der Waals surface area contributed by atoms with Gasteiger partial charge in [-0.25, -0.2) is 9.80 Å². The van der Waals surface area contributed by atoms with Crippen LogP contribution < -0.4 is 5.43 Å². The summed E-state index contributed by atoms with van der Waals surface area (Å²) in [5.74, 6) is -0.289. The summed E-state index contributed by atoms with van der Waals surface area (Å²) >= 11 is 1.32. The molecule has 1 saturated heterocycles. The Hall–Kier alpha value is -1.14. The standard InChI is InChI=1S/C12H19N3O2S/c1-3-17-12(16)10-9(2)14-18-11(10)13-15-7-5-4-6-8-15/h13H,3-8H2,1-2H3. The molecule has 0 unspecified atom stereocenters. The molecule has 2 heterocycles. The fraction of sp³-hybridized carbons (Fsp3) is 0.667. The summed E-state index contributed by atoms with van der Waals surface area (Å²) in [7, 11) is 0. The van der Waals surface area contributed by atoms with E-state index in [9.17, 15) is 4.79 Å². The lowest BCUT2D eigenvalue weighted by Crippen LogP contribution is -2.35. The van der Waals surface area contributed by atoms with Crippen molar-refractivity contribution in [2.45, 2.75) is 33.1 Å². The number of nitrogens with one attached hydrogen (secondary N) is 1. The first-order valence-corrected chi connectivity index (χ1v) is 7.14. The van der Waals surface area contributed by atoms with Crippen molar-refractivity contribution in [3.8, 4) is 0 Å². The predicted molar refractivity (Wildman–Crippen MR) is 71.9 cm³/mol. The van der Waals surface area contributed by atoms with E-state index in [1.54, 1.807) is 0 Å². The number of rotatable bonds is 4. The molecule has 18 heavy (non-hydrogen) atoms. The van der Waals surface area contributed by atoms with Crippen LogP contribution in [0.25, 0.3) is 0 Å². The molecule has 1 aliphatic heterocycles. The maximum absolute atomic E-state index is 11.9. The summed E-state index contributed by atoms with van der Waals surface area (Å²) in [5.41, 5.74) is 4.61. The first-order valence-electron chi connectivity index (χ1n) is 6.37. The van der Waals surface area contributed by atoms with Gasteiger partial charge < -0.3 is 10.2 Å². The molecule has 0 saturated carbocycles. The fourth-order valence-corrected chi connectivity index (χ4v) is 2.85. The Morgan fingerprint density at radius 3 is 2.83 bits per heavy atom. The van der Waals surface area contributed by atoms with Crippen molar-refractivity contribution in [2.24, 2.45) is 0 Å². The normalized spacial score (nSPS) is 16.6. The van der Waals surface area contributed by atoms with Crippen molar-refractivity contribution >= 4 is 22.5 Å². The van der Waals surface area contributed by atoms with Crippen LogP contribution in [0.5, 0.6) is 0 Å². The number of carbonyl (C=O) groups is 1. The number of piperidine rings is 1. The first kappa shape index (κ1) is 13.3. The van der Waals surface area contributed by atoms with Gasteiger partial charge in [-0.2, -0.15) is 4.37 Å². The Balaban J connectivity index is 2.09. The maximum Gasteiger partial charge on any atom is 0.343 e. The van der Waals surface area contributed by atoms with Crippen LogP contribution in [0.1, 0.15) is 42.2 Å². The quantitative estimate of drug-likeness (QED) is 0.851. The summed E-state index contributed by atoms with van der Waals surface area (Å²) < 4.78 is 9.30. The van der Waals surface area contributed by atoms with Crippen molar-refractivity contribution in [3.05, 3.63) is 11.3 Å². The van der Waals surface area contributed by atoms with Crippen LogP contribution in [0.2, 0.25) is 0 Å². The Labute approximate surface area is 111 Å². The lowest BCUT2D eigenvalue weighted by atomic mass is 10.2. The van der Waals surface area contributed by atoms with Gasteiger partial charge in [-0.05, 0) is 38.2 Å². The van der Waals surface area contributed by atoms with E-state index in [0.29, 0.717) is 12.2 Å². The molecular formula is C12H19N3O2S. The molecule has 0 radical (unpaired) electrons. The maximum atomic E-state index is 11.9. The highest BCUT2D eigenvalue weighted by Gasteiger charge is 2.21. The van der Waals surface area contributed by atoms with Crippen LogP contribution in [0.3, 0.4) is 0 Å². The smallest absolute Gasteiger partial charge is 0.343 e. The van der Waals surface area contributed by atoms with E-state index in [4.69, 9.17) is 4.74 Å². The lowest BCUT2D eigenvalue weighted by molar-refractivity contribution is 0.0526. The van der Waals surface area contributed by atoms with Gasteiger partial charge >= 0.3 is 5.97 Å². The number of ether oxygens (including phenoxy) is 1. The number of hydrazine groups is 1. The molecule has 0 spiro atoms. The van der Waals surface area contributed by atoms with Crippen LogP contribution in [-0.4, -0.2) is 35.0 Å². The Morgan fingerprint density at radius 1 is 1.44 bits per heavy atom. The minimum Gasteiger partial charge on any atom is -0.462 e. The van der Waals surface area contributed by atoms with Gasteiger partial charge in [0.25, 0.3) is 0 Å². The average Bonchev–Trinajstić information content (AvgIpc) is 2.72. The molecule has 5 nitrogen and oxygen atoms in total. The average molecular weight is 269 g/mol. The summed E-state index contributed by atoms with van der Waals surface area (Å²) in [5, 5.41) is 2.95. The Kier molecular flexibility index (Phi) is 4.54. The molecule has 1 fully saturated rings. The summed E-state index contributed by atoms with van der Waals surface area (Å²) in [6, 6.07) is 0. The minimum absolute atomic E-state index is 0.289. The molecule has 1 N–H and O–H groups in total. The lowest BCUT2D eigenvalue weighted by Gasteiger charge is -2.27. The van der Waals surface area contributed by atoms with Gasteiger partial charge in [0.1, 0.15) is 10.6 Å². The van der Waals surface area contributed by atoms with Gasteiger partial charge in [0, 0.05) is 13.1 Å². The number of hydrogen-bond acceptors (Lipinski definition) is 6. The second kappa shape index (κ2) is 6.15. The molecule has 1 aromatic heterocycles. The van der Waals surface area contributed by atoms with Gasteiger partial charge in [-0.3, -0.25) is 0 Å². The predicted octanol–water partition coefficient (Wildman–Crippen LogP) is 2.44. The Morgan fingerprint density at radius 2 is 2.17 bits per heavy atom. The van der Waals surface area contributed by atoms with Crippen molar-refractivity contribution in [2.75, 3.05) is 25.1 Å². The number of hydrogen-bond donors (Lipinski definition) is 1. The van der Waals surface area contributed by atoms with Crippen LogP contribution in [0.4, 0.5) is 5.00 Å². The second-order valence-electron chi connectivity index (χ2n) is 4.35. The van der Waals surface area contributed by atoms with Gasteiger partial charge in [0.15, 0.2) is 0 Å². The number of carbonyl (C=O) groups excluding carboxylic acids is 1. The van der Waals surface area contributed by atoms with Gasteiger partial charge in [0.05, 0.1) is 12.3 Å². The molecule has 2 rings (SSSR count). The summed E-state index contributed by atoms with van der Waals surface area (Å²) in [6.45, 7) is 6.06. The molecule has 0 aromatic carbocycles. The van der Waals surface area contributed by atoms with Crippen molar-refractivity contribution in [3.63, 3.8) is 0 Å². The molecular weight excluding hydrogens is 250 g/mol. The second-order valence-corrected chi connectivity index (χ2v) is 5.13. The highest BCUT2D eigenvalue weighted by atomic mass is 32.1. The SMILES string of the molecule is CCOC(=O)c1c(C)nsc1NN1CCCCC1. The highest BCUT2D eigenvalue weighted by Crippen LogP contribution is 2.26. The molecule has 100 valence electrons. The van der Waals surface area contributed by atoms with E-state index in [1.165, 1.54) is 30.8 Å². The zero-order valence-corrected chi connectivity index (χ0v) is 11.7. The monoisotopic (exact) mass is 269 g/mol. The van der Waals surface area contributed by atoms with E-state index >= 15 is 0 Å². The molecule has 0 amide bonds. The Bertz CT molecular complexity index is 413. The summed E-state index contributed by atoms with van der Waals surface area (Å²) in [6.07, 6.45) is 3.67. The minimum atomic E-state index is -0.289. The zero-order valence-electron chi connectivity index (χ0n) is 10.9. The number of aryl methyl sites for hydroxylation is 1. The summed E-state index contributed by atoms with van der Waals surface area (Å²) in [4.78, 5) is 11.9. The third-order valence-electron chi connectivity index (χ3n) is 2.96. The third kappa shape index (κ3) is 3.00. The van der Waals surface area contributed by atoms with Crippen LogP contribution >= 0.6 is 11.5 Å². The molecule has 6 heteroatoms. The van der Waals surface area contributed by atoms with Gasteiger partial charge in [-0.1, -0.05) is 6.42 Å². The number of esters is 1. The largest absolute Gasteiger partial charge is 0.462 e. The van der Waals surface area contributed by atoms with Crippen LogP contribution in [0, 0.1) is 6.92 Å².